The van der Waals surface area contributed by atoms with Crippen LogP contribution in [0.3, 0.4) is 0 Å². The van der Waals surface area contributed by atoms with E-state index in [4.69, 9.17) is 9.47 Å². The third-order valence-electron chi connectivity index (χ3n) is 5.19. The fourth-order valence-corrected chi connectivity index (χ4v) is 5.59. The Morgan fingerprint density at radius 2 is 1.81 bits per heavy atom. The van der Waals surface area contributed by atoms with Crippen LogP contribution in [0.4, 0.5) is 0 Å². The first-order valence-corrected chi connectivity index (χ1v) is 12.8. The number of carbonyl (C=O) groups excluding carboxylic acids is 1. The number of benzene rings is 2. The van der Waals surface area contributed by atoms with Gasteiger partial charge in [-0.1, -0.05) is 11.3 Å². The summed E-state index contributed by atoms with van der Waals surface area (Å²) in [6.45, 7) is 7.70. The lowest BCUT2D eigenvalue weighted by Crippen LogP contribution is -2.20. The van der Waals surface area contributed by atoms with Gasteiger partial charge in [0.1, 0.15) is 5.75 Å². The van der Waals surface area contributed by atoms with Crippen LogP contribution in [0.5, 0.6) is 5.75 Å². The summed E-state index contributed by atoms with van der Waals surface area (Å²) in [5.41, 5.74) is 3.32. The maximum Gasteiger partial charge on any atom is 0.249 e. The van der Waals surface area contributed by atoms with Crippen molar-refractivity contribution in [3.8, 4) is 5.75 Å². The summed E-state index contributed by atoms with van der Waals surface area (Å²) in [5, 5.41) is 0. The van der Waals surface area contributed by atoms with Gasteiger partial charge in [0.25, 0.3) is 0 Å². The van der Waals surface area contributed by atoms with E-state index in [1.54, 1.807) is 12.1 Å². The Kier molecular flexibility index (Phi) is 7.86. The predicted octanol–water partition coefficient (Wildman–Crippen LogP) is 3.66. The molecule has 7 nitrogen and oxygen atoms in total. The molecule has 3 aromatic rings. The normalized spacial score (nSPS) is 12.4. The maximum absolute atomic E-state index is 12.6. The number of nitrogens with zero attached hydrogens (tertiary/aromatic N) is 2. The van der Waals surface area contributed by atoms with Crippen molar-refractivity contribution in [1.29, 1.82) is 0 Å². The average molecular weight is 477 g/mol. The number of aryl methyl sites for hydroxylation is 2. The fraction of sp³-hybridized carbons (Fsp3) is 0.391. The minimum absolute atomic E-state index is 0.158. The van der Waals surface area contributed by atoms with Gasteiger partial charge in [0.05, 0.1) is 34.6 Å². The van der Waals surface area contributed by atoms with Crippen molar-refractivity contribution in [2.45, 2.75) is 38.6 Å². The zero-order valence-electron chi connectivity index (χ0n) is 18.8. The van der Waals surface area contributed by atoms with E-state index >= 15 is 0 Å². The molecule has 0 fully saturated rings. The van der Waals surface area contributed by atoms with Crippen LogP contribution >= 0.6 is 11.3 Å². The van der Waals surface area contributed by atoms with Crippen LogP contribution in [0.1, 0.15) is 24.5 Å². The molecule has 0 saturated carbocycles. The number of hydrogen-bond acceptors (Lipinski definition) is 6. The molecule has 0 saturated heterocycles. The molecule has 0 spiro atoms. The van der Waals surface area contributed by atoms with Gasteiger partial charge >= 0.3 is 0 Å². The molecule has 0 atom stereocenters. The lowest BCUT2D eigenvalue weighted by atomic mass is 10.1. The number of methoxy groups -OCH3 is 1. The number of fused-ring (bicyclic) bond motifs is 1. The van der Waals surface area contributed by atoms with Crippen LogP contribution in [0.15, 0.2) is 46.3 Å². The molecule has 1 heterocycles. The molecular formula is C23H28N2O5S2. The van der Waals surface area contributed by atoms with E-state index in [0.717, 1.165) is 15.8 Å². The minimum Gasteiger partial charge on any atom is -0.497 e. The highest BCUT2D eigenvalue weighted by Gasteiger charge is 2.17. The SMILES string of the molecule is CCOCCn1c(=NC(=O)CCS(=O)(=O)c2ccc(OC)cc2)sc2cc(C)c(C)cc21. The summed E-state index contributed by atoms with van der Waals surface area (Å²) in [7, 11) is -2.08. The van der Waals surface area contributed by atoms with E-state index in [-0.39, 0.29) is 17.1 Å². The maximum atomic E-state index is 12.6. The van der Waals surface area contributed by atoms with Crippen molar-refractivity contribution in [3.63, 3.8) is 0 Å². The molecule has 0 aliphatic rings. The van der Waals surface area contributed by atoms with E-state index in [1.165, 1.54) is 36.1 Å². The van der Waals surface area contributed by atoms with Gasteiger partial charge in [-0.25, -0.2) is 8.42 Å². The molecule has 0 N–H and O–H groups in total. The summed E-state index contributed by atoms with van der Waals surface area (Å²) in [4.78, 5) is 17.6. The highest BCUT2D eigenvalue weighted by molar-refractivity contribution is 7.91. The molecule has 32 heavy (non-hydrogen) atoms. The number of amides is 1. The van der Waals surface area contributed by atoms with Crippen LogP contribution in [-0.2, 0) is 25.9 Å². The highest BCUT2D eigenvalue weighted by atomic mass is 32.2. The molecule has 0 aliphatic heterocycles. The monoisotopic (exact) mass is 476 g/mol. The lowest BCUT2D eigenvalue weighted by molar-refractivity contribution is -0.117. The summed E-state index contributed by atoms with van der Waals surface area (Å²) in [6.07, 6.45) is -0.188. The Morgan fingerprint density at radius 1 is 1.12 bits per heavy atom. The first-order valence-electron chi connectivity index (χ1n) is 10.4. The Morgan fingerprint density at radius 3 is 2.47 bits per heavy atom. The van der Waals surface area contributed by atoms with Gasteiger partial charge in [0.15, 0.2) is 14.6 Å². The largest absolute Gasteiger partial charge is 0.497 e. The number of hydrogen-bond donors (Lipinski definition) is 0. The molecule has 3 rings (SSSR count). The number of rotatable bonds is 9. The van der Waals surface area contributed by atoms with Crippen LogP contribution in [0.2, 0.25) is 0 Å². The third-order valence-corrected chi connectivity index (χ3v) is 7.96. The Labute approximate surface area is 192 Å². The number of thiazole rings is 1. The van der Waals surface area contributed by atoms with E-state index in [2.05, 4.69) is 17.1 Å². The number of ether oxygens (including phenoxy) is 2. The van der Waals surface area contributed by atoms with Crippen molar-refractivity contribution in [1.82, 2.24) is 4.57 Å². The highest BCUT2D eigenvalue weighted by Crippen LogP contribution is 2.22. The van der Waals surface area contributed by atoms with Crippen molar-refractivity contribution < 1.29 is 22.7 Å². The molecular weight excluding hydrogens is 448 g/mol. The second kappa shape index (κ2) is 10.4. The van der Waals surface area contributed by atoms with Crippen LogP contribution in [-0.4, -0.2) is 45.0 Å². The summed E-state index contributed by atoms with van der Waals surface area (Å²) in [5.74, 6) is -0.196. The second-order valence-corrected chi connectivity index (χ2v) is 10.5. The van der Waals surface area contributed by atoms with E-state index in [9.17, 15) is 13.2 Å². The van der Waals surface area contributed by atoms with E-state index in [0.29, 0.717) is 30.3 Å². The zero-order chi connectivity index (χ0) is 23.3. The first-order chi connectivity index (χ1) is 15.2. The van der Waals surface area contributed by atoms with Crippen molar-refractivity contribution >= 4 is 37.3 Å². The number of sulfone groups is 1. The molecule has 2 aromatic carbocycles. The topological polar surface area (TPSA) is 87.0 Å². The zero-order valence-corrected chi connectivity index (χ0v) is 20.4. The fourth-order valence-electron chi connectivity index (χ4n) is 3.21. The number of aromatic nitrogens is 1. The Hall–Kier alpha value is -2.49. The van der Waals surface area contributed by atoms with Gasteiger partial charge < -0.3 is 14.0 Å². The third kappa shape index (κ3) is 5.65. The molecule has 0 unspecified atom stereocenters. The van der Waals surface area contributed by atoms with Crippen LogP contribution < -0.4 is 9.54 Å². The van der Waals surface area contributed by atoms with Crippen LogP contribution in [0.25, 0.3) is 10.2 Å². The van der Waals surface area contributed by atoms with Gasteiger partial charge in [0, 0.05) is 19.6 Å². The molecule has 0 aliphatic carbocycles. The summed E-state index contributed by atoms with van der Waals surface area (Å²) < 4.78 is 38.7. The lowest BCUT2D eigenvalue weighted by Gasteiger charge is -2.07. The molecule has 0 radical (unpaired) electrons. The smallest absolute Gasteiger partial charge is 0.249 e. The average Bonchev–Trinajstić information content (AvgIpc) is 3.08. The Bertz CT molecular complexity index is 1270. The van der Waals surface area contributed by atoms with Crippen molar-refractivity contribution in [2.24, 2.45) is 4.99 Å². The van der Waals surface area contributed by atoms with Crippen molar-refractivity contribution in [2.75, 3.05) is 26.1 Å². The summed E-state index contributed by atoms with van der Waals surface area (Å²) in [6, 6.07) is 10.3. The number of carbonyl (C=O) groups is 1. The second-order valence-electron chi connectivity index (χ2n) is 7.39. The Balaban J connectivity index is 1.85. The van der Waals surface area contributed by atoms with Crippen LogP contribution in [0, 0.1) is 13.8 Å². The van der Waals surface area contributed by atoms with Gasteiger partial charge in [0.2, 0.25) is 5.91 Å². The van der Waals surface area contributed by atoms with E-state index < -0.39 is 15.7 Å². The molecule has 1 aromatic heterocycles. The van der Waals surface area contributed by atoms with Gasteiger partial charge in [-0.3, -0.25) is 4.79 Å². The molecule has 0 bridgehead atoms. The summed E-state index contributed by atoms with van der Waals surface area (Å²) >= 11 is 1.42. The van der Waals surface area contributed by atoms with E-state index in [1.807, 2.05) is 25.3 Å². The minimum atomic E-state index is -3.60. The standard InChI is InChI=1S/C23H28N2O5S2/c1-5-30-12-11-25-20-14-16(2)17(3)15-21(20)31-23(25)24-22(26)10-13-32(27,28)19-8-6-18(29-4)7-9-19/h6-9,14-15H,5,10-13H2,1-4H3. The first kappa shape index (κ1) is 24.2. The van der Waals surface area contributed by atoms with Gasteiger partial charge in [-0.05, 0) is 68.3 Å². The van der Waals surface area contributed by atoms with Gasteiger partial charge in [-0.2, -0.15) is 4.99 Å². The van der Waals surface area contributed by atoms with Gasteiger partial charge in [-0.15, -0.1) is 0 Å². The molecule has 1 amide bonds. The quantitative estimate of drug-likeness (QED) is 0.440. The predicted molar refractivity (Wildman–Crippen MR) is 126 cm³/mol. The van der Waals surface area contributed by atoms with Crippen molar-refractivity contribution in [3.05, 3.63) is 52.3 Å². The molecule has 9 heteroatoms. The molecule has 172 valence electrons.